The molecule has 0 aliphatic carbocycles. The molecule has 0 saturated carbocycles. The summed E-state index contributed by atoms with van der Waals surface area (Å²) in [5, 5.41) is 7.50. The number of aryl methyl sites for hydroxylation is 3. The van der Waals surface area contributed by atoms with E-state index in [4.69, 9.17) is 0 Å². The molecule has 3 aromatic rings. The summed E-state index contributed by atoms with van der Waals surface area (Å²) in [6.07, 6.45) is 1.54. The number of nitrogens with zero attached hydrogens (tertiary/aromatic N) is 5. The Labute approximate surface area is 171 Å². The molecule has 7 nitrogen and oxygen atoms in total. The van der Waals surface area contributed by atoms with Crippen LogP contribution in [0.25, 0.3) is 5.82 Å². The standard InChI is InChI=1S/C20H21BrN6O/c1-12-6-16(21)4-5-17(12)24-20(28)15-9-26(10-15)18-8-19(23-11-22-18)27-14(3)7-13(2)25-27/h4-8,11,15H,9-10H2,1-3H3,(H,24,28). The molecule has 1 N–H and O–H groups in total. The van der Waals surface area contributed by atoms with Gasteiger partial charge in [0.05, 0.1) is 11.6 Å². The fourth-order valence-corrected chi connectivity index (χ4v) is 3.80. The van der Waals surface area contributed by atoms with E-state index in [1.54, 1.807) is 11.0 Å². The number of hydrogen-bond acceptors (Lipinski definition) is 5. The van der Waals surface area contributed by atoms with Crippen LogP contribution in [0, 0.1) is 26.7 Å². The zero-order chi connectivity index (χ0) is 19.8. The summed E-state index contributed by atoms with van der Waals surface area (Å²) in [5.74, 6) is 1.51. The van der Waals surface area contributed by atoms with E-state index in [-0.39, 0.29) is 11.8 Å². The van der Waals surface area contributed by atoms with Crippen molar-refractivity contribution < 1.29 is 4.79 Å². The minimum atomic E-state index is -0.0600. The number of carbonyl (C=O) groups is 1. The van der Waals surface area contributed by atoms with Gasteiger partial charge < -0.3 is 10.2 Å². The fourth-order valence-electron chi connectivity index (χ4n) is 3.32. The second-order valence-electron chi connectivity index (χ2n) is 7.12. The van der Waals surface area contributed by atoms with Crippen molar-refractivity contribution in [3.05, 3.63) is 58.1 Å². The molecule has 8 heteroatoms. The number of carbonyl (C=O) groups excluding carboxylic acids is 1. The van der Waals surface area contributed by atoms with Gasteiger partial charge in [0.25, 0.3) is 0 Å². The molecule has 144 valence electrons. The minimum Gasteiger partial charge on any atom is -0.355 e. The summed E-state index contributed by atoms with van der Waals surface area (Å²) in [5.41, 5.74) is 3.85. The third-order valence-electron chi connectivity index (χ3n) is 4.89. The van der Waals surface area contributed by atoms with Gasteiger partial charge in [0.1, 0.15) is 12.1 Å². The number of aromatic nitrogens is 4. The van der Waals surface area contributed by atoms with E-state index < -0.39 is 0 Å². The summed E-state index contributed by atoms with van der Waals surface area (Å²) < 4.78 is 2.81. The van der Waals surface area contributed by atoms with E-state index in [0.717, 1.165) is 38.7 Å². The molecule has 0 bridgehead atoms. The lowest BCUT2D eigenvalue weighted by Gasteiger charge is -2.39. The molecule has 1 aromatic carbocycles. The van der Waals surface area contributed by atoms with Gasteiger partial charge in [-0.3, -0.25) is 4.79 Å². The van der Waals surface area contributed by atoms with Crippen molar-refractivity contribution in [1.29, 1.82) is 0 Å². The summed E-state index contributed by atoms with van der Waals surface area (Å²) in [6, 6.07) is 9.75. The molecule has 0 atom stereocenters. The van der Waals surface area contributed by atoms with Gasteiger partial charge in [-0.15, -0.1) is 0 Å². The number of amides is 1. The topological polar surface area (TPSA) is 75.9 Å². The highest BCUT2D eigenvalue weighted by Gasteiger charge is 2.34. The van der Waals surface area contributed by atoms with Crippen LogP contribution < -0.4 is 10.2 Å². The lowest BCUT2D eigenvalue weighted by atomic mass is 9.99. The highest BCUT2D eigenvalue weighted by atomic mass is 79.9. The predicted octanol–water partition coefficient (Wildman–Crippen LogP) is 3.42. The second-order valence-corrected chi connectivity index (χ2v) is 8.04. The number of nitrogens with one attached hydrogen (secondary N) is 1. The van der Waals surface area contributed by atoms with Crippen LogP contribution in [0.1, 0.15) is 17.0 Å². The fraction of sp³-hybridized carbons (Fsp3) is 0.300. The van der Waals surface area contributed by atoms with E-state index >= 15 is 0 Å². The van der Waals surface area contributed by atoms with Gasteiger partial charge >= 0.3 is 0 Å². The Morgan fingerprint density at radius 1 is 1.11 bits per heavy atom. The van der Waals surface area contributed by atoms with Gasteiger partial charge in [0.15, 0.2) is 5.82 Å². The zero-order valence-corrected chi connectivity index (χ0v) is 17.6. The molecule has 1 aliphatic rings. The highest BCUT2D eigenvalue weighted by molar-refractivity contribution is 9.10. The molecule has 2 aromatic heterocycles. The van der Waals surface area contributed by atoms with Crippen LogP contribution in [0.5, 0.6) is 0 Å². The lowest BCUT2D eigenvalue weighted by Crippen LogP contribution is -2.52. The largest absolute Gasteiger partial charge is 0.355 e. The molecule has 0 radical (unpaired) electrons. The number of anilines is 2. The van der Waals surface area contributed by atoms with Crippen molar-refractivity contribution in [1.82, 2.24) is 19.7 Å². The monoisotopic (exact) mass is 440 g/mol. The second kappa shape index (κ2) is 7.35. The third-order valence-corrected chi connectivity index (χ3v) is 5.38. The maximum Gasteiger partial charge on any atom is 0.231 e. The van der Waals surface area contributed by atoms with E-state index in [2.05, 4.69) is 41.2 Å². The Balaban J connectivity index is 1.42. The first-order valence-corrected chi connectivity index (χ1v) is 9.87. The summed E-state index contributed by atoms with van der Waals surface area (Å²) in [4.78, 5) is 23.3. The predicted molar refractivity (Wildman–Crippen MR) is 112 cm³/mol. The van der Waals surface area contributed by atoms with Gasteiger partial charge in [-0.1, -0.05) is 15.9 Å². The van der Waals surface area contributed by atoms with Crippen molar-refractivity contribution >= 4 is 33.3 Å². The first-order chi connectivity index (χ1) is 13.4. The van der Waals surface area contributed by atoms with Gasteiger partial charge in [-0.2, -0.15) is 5.10 Å². The Kier molecular flexibility index (Phi) is 4.89. The van der Waals surface area contributed by atoms with Crippen molar-refractivity contribution in [3.63, 3.8) is 0 Å². The van der Waals surface area contributed by atoms with Gasteiger partial charge in [-0.25, -0.2) is 14.6 Å². The van der Waals surface area contributed by atoms with Crippen LogP contribution in [0.4, 0.5) is 11.5 Å². The molecular formula is C20H21BrN6O. The van der Waals surface area contributed by atoms with E-state index in [1.165, 1.54) is 0 Å². The number of halogens is 1. The SMILES string of the molecule is Cc1cc(C)n(-c2cc(N3CC(C(=O)Nc4ccc(Br)cc4C)C3)ncn2)n1. The van der Waals surface area contributed by atoms with Crippen LogP contribution in [-0.2, 0) is 4.79 Å². The molecule has 1 fully saturated rings. The molecule has 1 saturated heterocycles. The molecule has 3 heterocycles. The summed E-state index contributed by atoms with van der Waals surface area (Å²) >= 11 is 3.44. The Hall–Kier alpha value is -2.74. The molecule has 28 heavy (non-hydrogen) atoms. The first-order valence-electron chi connectivity index (χ1n) is 9.08. The van der Waals surface area contributed by atoms with Gasteiger partial charge in [-0.05, 0) is 50.6 Å². The lowest BCUT2D eigenvalue weighted by molar-refractivity contribution is -0.120. The van der Waals surface area contributed by atoms with E-state index in [1.807, 2.05) is 51.1 Å². The zero-order valence-electron chi connectivity index (χ0n) is 16.0. The Bertz CT molecular complexity index is 1040. The molecule has 4 rings (SSSR count). The molecule has 1 aliphatic heterocycles. The van der Waals surface area contributed by atoms with Crippen LogP contribution in [0.3, 0.4) is 0 Å². The average molecular weight is 441 g/mol. The minimum absolute atomic E-state index is 0.0366. The number of rotatable bonds is 4. The number of benzene rings is 1. The molecule has 1 amide bonds. The molecule has 0 unspecified atom stereocenters. The highest BCUT2D eigenvalue weighted by Crippen LogP contribution is 2.26. The summed E-state index contributed by atoms with van der Waals surface area (Å²) in [6.45, 7) is 7.20. The van der Waals surface area contributed by atoms with Crippen molar-refractivity contribution in [3.8, 4) is 5.82 Å². The smallest absolute Gasteiger partial charge is 0.231 e. The average Bonchev–Trinajstić information content (AvgIpc) is 2.95. The van der Waals surface area contributed by atoms with Crippen LogP contribution >= 0.6 is 15.9 Å². The maximum absolute atomic E-state index is 12.5. The molecule has 0 spiro atoms. The van der Waals surface area contributed by atoms with E-state index in [9.17, 15) is 4.79 Å². The molecular weight excluding hydrogens is 420 g/mol. The maximum atomic E-state index is 12.5. The Morgan fingerprint density at radius 3 is 2.54 bits per heavy atom. The van der Waals surface area contributed by atoms with Crippen molar-refractivity contribution in [2.24, 2.45) is 5.92 Å². The first kappa shape index (κ1) is 18.6. The van der Waals surface area contributed by atoms with Gasteiger partial charge in [0, 0.05) is 35.0 Å². The van der Waals surface area contributed by atoms with Gasteiger partial charge in [0.2, 0.25) is 5.91 Å². The van der Waals surface area contributed by atoms with Crippen LogP contribution in [0.2, 0.25) is 0 Å². The van der Waals surface area contributed by atoms with Crippen LogP contribution in [-0.4, -0.2) is 38.7 Å². The number of hydrogen-bond donors (Lipinski definition) is 1. The quantitative estimate of drug-likeness (QED) is 0.672. The van der Waals surface area contributed by atoms with Crippen LogP contribution in [0.15, 0.2) is 41.1 Å². The normalized spacial score (nSPS) is 14.1. The Morgan fingerprint density at radius 2 is 1.86 bits per heavy atom. The van der Waals surface area contributed by atoms with E-state index in [0.29, 0.717) is 13.1 Å². The van der Waals surface area contributed by atoms with Crippen molar-refractivity contribution in [2.45, 2.75) is 20.8 Å². The summed E-state index contributed by atoms with van der Waals surface area (Å²) in [7, 11) is 0. The van der Waals surface area contributed by atoms with Crippen molar-refractivity contribution in [2.75, 3.05) is 23.3 Å². The third kappa shape index (κ3) is 3.64.